The van der Waals surface area contributed by atoms with Crippen molar-refractivity contribution in [3.05, 3.63) is 70.4 Å². The Hall–Kier alpha value is -3.08. The normalized spacial score (nSPS) is 12.8. The lowest BCUT2D eigenvalue weighted by Gasteiger charge is -2.02. The average molecular weight is 438 g/mol. The lowest BCUT2D eigenvalue weighted by atomic mass is 10.1. The number of ketones is 2. The highest BCUT2D eigenvalue weighted by Crippen LogP contribution is 2.22. The van der Waals surface area contributed by atoms with Crippen molar-refractivity contribution in [2.45, 2.75) is 12.4 Å². The fourth-order valence-corrected chi connectivity index (χ4v) is 2.24. The van der Waals surface area contributed by atoms with Crippen LogP contribution in [-0.2, 0) is 9.59 Å². The van der Waals surface area contributed by atoms with E-state index in [1.807, 2.05) is 0 Å². The smallest absolute Gasteiger partial charge is 0.454 e. The van der Waals surface area contributed by atoms with Crippen molar-refractivity contribution >= 4 is 34.4 Å². The van der Waals surface area contributed by atoms with Crippen molar-refractivity contribution in [3.8, 4) is 0 Å². The van der Waals surface area contributed by atoms with Crippen molar-refractivity contribution in [1.29, 1.82) is 0 Å². The summed E-state index contributed by atoms with van der Waals surface area (Å²) in [5.41, 5.74) is 0.162. The molecule has 0 saturated carbocycles. The minimum absolute atomic E-state index is 0.162. The maximum absolute atomic E-state index is 11.8. The summed E-state index contributed by atoms with van der Waals surface area (Å²) >= 11 is 1.05. The lowest BCUT2D eigenvalue weighted by Crippen LogP contribution is -2.20. The molecule has 29 heavy (non-hydrogen) atoms. The number of rotatable bonds is 4. The van der Waals surface area contributed by atoms with Gasteiger partial charge in [0.15, 0.2) is 0 Å². The first-order valence-electron chi connectivity index (χ1n) is 7.45. The fourth-order valence-electron chi connectivity index (χ4n) is 1.60. The number of hydrogen-bond donors (Lipinski definition) is 2. The summed E-state index contributed by atoms with van der Waals surface area (Å²) in [7, 11) is 0. The van der Waals surface area contributed by atoms with Gasteiger partial charge in [0.25, 0.3) is 11.6 Å². The van der Waals surface area contributed by atoms with Gasteiger partial charge >= 0.3 is 12.4 Å². The zero-order valence-electron chi connectivity index (χ0n) is 14.2. The van der Waals surface area contributed by atoms with E-state index in [4.69, 9.17) is 5.11 Å². The predicted octanol–water partition coefficient (Wildman–Crippen LogP) is 5.50. The summed E-state index contributed by atoms with van der Waals surface area (Å²) in [4.78, 5) is 21.1. The lowest BCUT2D eigenvalue weighted by molar-refractivity contribution is -0.165. The molecule has 1 heterocycles. The molecule has 1 aromatic carbocycles. The monoisotopic (exact) mass is 438 g/mol. The van der Waals surface area contributed by atoms with Gasteiger partial charge in [-0.2, -0.15) is 26.3 Å². The van der Waals surface area contributed by atoms with E-state index in [1.54, 1.807) is 17.5 Å². The molecule has 1 aromatic heterocycles. The first-order valence-corrected chi connectivity index (χ1v) is 8.33. The molecule has 11 heteroatoms. The number of carbonyl (C=O) groups is 2. The second kappa shape index (κ2) is 9.92. The number of hydrogen-bond acceptors (Lipinski definition) is 5. The number of aliphatic hydroxyl groups is 2. The van der Waals surface area contributed by atoms with E-state index in [1.165, 1.54) is 30.3 Å². The van der Waals surface area contributed by atoms with Crippen LogP contribution in [0.3, 0.4) is 0 Å². The standard InChI is InChI=1S/C10H7F3O2.C8H5F3O2S/c11-10(12,13)9(15)6-8(14)7-4-2-1-3-5-7;9-8(10,11)7(13)4-5(12)6-2-1-3-14-6/h1-6,14H;1-4,12H/b8-6-;5-4-. The van der Waals surface area contributed by atoms with Gasteiger partial charge in [0.1, 0.15) is 11.5 Å². The first kappa shape index (κ1) is 24.0. The molecule has 0 fully saturated rings. The maximum Gasteiger partial charge on any atom is 0.454 e. The fraction of sp³-hybridized carbons (Fsp3) is 0.111. The Morgan fingerprint density at radius 2 is 1.24 bits per heavy atom. The van der Waals surface area contributed by atoms with Gasteiger partial charge in [-0.25, -0.2) is 0 Å². The second-order valence-corrected chi connectivity index (χ2v) is 6.07. The zero-order valence-corrected chi connectivity index (χ0v) is 15.0. The summed E-state index contributed by atoms with van der Waals surface area (Å²) < 4.78 is 70.7. The van der Waals surface area contributed by atoms with Gasteiger partial charge < -0.3 is 10.2 Å². The Morgan fingerprint density at radius 1 is 0.759 bits per heavy atom. The number of benzene rings is 1. The van der Waals surface area contributed by atoms with Gasteiger partial charge in [-0.15, -0.1) is 11.3 Å². The molecule has 2 aromatic rings. The quantitative estimate of drug-likeness (QED) is 0.376. The van der Waals surface area contributed by atoms with Crippen LogP contribution in [0.2, 0.25) is 0 Å². The highest BCUT2D eigenvalue weighted by atomic mass is 32.1. The van der Waals surface area contributed by atoms with E-state index in [-0.39, 0.29) is 22.6 Å². The molecule has 0 spiro atoms. The van der Waals surface area contributed by atoms with Crippen LogP contribution in [0.4, 0.5) is 26.3 Å². The van der Waals surface area contributed by atoms with Crippen LogP contribution in [0.1, 0.15) is 10.4 Å². The SMILES string of the molecule is O=C(/C=C(\O)c1ccccc1)C(F)(F)F.O=C(/C=C(\O)c1cccs1)C(F)(F)F. The summed E-state index contributed by atoms with van der Waals surface area (Å²) in [6.45, 7) is 0. The van der Waals surface area contributed by atoms with Gasteiger partial charge in [0.05, 0.1) is 4.88 Å². The molecule has 0 aliphatic heterocycles. The van der Waals surface area contributed by atoms with Crippen LogP contribution in [0.25, 0.3) is 11.5 Å². The van der Waals surface area contributed by atoms with Crippen molar-refractivity contribution in [2.24, 2.45) is 0 Å². The number of thiophene rings is 1. The van der Waals surface area contributed by atoms with Crippen LogP contribution in [0.5, 0.6) is 0 Å². The van der Waals surface area contributed by atoms with Crippen LogP contribution in [0, 0.1) is 0 Å². The molecule has 0 amide bonds. The Labute approximate surface area is 164 Å². The second-order valence-electron chi connectivity index (χ2n) is 5.13. The number of alkyl halides is 6. The maximum atomic E-state index is 11.8. The van der Waals surface area contributed by atoms with Crippen molar-refractivity contribution in [3.63, 3.8) is 0 Å². The third kappa shape index (κ3) is 8.21. The van der Waals surface area contributed by atoms with Crippen LogP contribution in [0.15, 0.2) is 60.0 Å². The minimum Gasteiger partial charge on any atom is -0.507 e. The van der Waals surface area contributed by atoms with Gasteiger partial charge in [-0.1, -0.05) is 36.4 Å². The molecular formula is C18H12F6O4S. The van der Waals surface area contributed by atoms with Gasteiger partial charge in [0.2, 0.25) is 0 Å². The largest absolute Gasteiger partial charge is 0.507 e. The molecule has 0 aliphatic carbocycles. The number of aliphatic hydroxyl groups excluding tert-OH is 2. The predicted molar refractivity (Wildman–Crippen MR) is 94.1 cm³/mol. The molecular weight excluding hydrogens is 426 g/mol. The van der Waals surface area contributed by atoms with E-state index in [2.05, 4.69) is 0 Å². The molecule has 4 nitrogen and oxygen atoms in total. The Kier molecular flexibility index (Phi) is 8.19. The number of carbonyl (C=O) groups excluding carboxylic acids is 2. The molecule has 2 rings (SSSR count). The molecule has 0 saturated heterocycles. The van der Waals surface area contributed by atoms with Crippen LogP contribution < -0.4 is 0 Å². The summed E-state index contributed by atoms with van der Waals surface area (Å²) in [5.74, 6) is -5.51. The minimum atomic E-state index is -4.96. The van der Waals surface area contributed by atoms with E-state index in [0.29, 0.717) is 0 Å². The summed E-state index contributed by atoms with van der Waals surface area (Å²) in [5, 5.41) is 19.9. The highest BCUT2D eigenvalue weighted by Gasteiger charge is 2.37. The Bertz CT molecular complexity index is 881. The van der Waals surface area contributed by atoms with E-state index in [0.717, 1.165) is 11.3 Å². The topological polar surface area (TPSA) is 74.6 Å². The van der Waals surface area contributed by atoms with E-state index in [9.17, 15) is 41.0 Å². The highest BCUT2D eigenvalue weighted by molar-refractivity contribution is 7.11. The molecule has 0 aliphatic rings. The first-order chi connectivity index (χ1) is 13.3. The van der Waals surface area contributed by atoms with Gasteiger partial charge in [-0.3, -0.25) is 9.59 Å². The number of allylic oxidation sites excluding steroid dienone is 2. The third-order valence-electron chi connectivity index (χ3n) is 2.94. The van der Waals surface area contributed by atoms with Crippen LogP contribution in [-0.4, -0.2) is 34.1 Å². The molecule has 0 unspecified atom stereocenters. The van der Waals surface area contributed by atoms with Crippen LogP contribution >= 0.6 is 11.3 Å². The van der Waals surface area contributed by atoms with Gasteiger partial charge in [-0.05, 0) is 11.4 Å². The zero-order chi connectivity index (χ0) is 22.2. The van der Waals surface area contributed by atoms with E-state index < -0.39 is 35.4 Å². The summed E-state index contributed by atoms with van der Waals surface area (Å²) in [6, 6.07) is 10.5. The van der Waals surface area contributed by atoms with Crippen molar-refractivity contribution < 1.29 is 46.1 Å². The van der Waals surface area contributed by atoms with Crippen molar-refractivity contribution in [1.82, 2.24) is 0 Å². The van der Waals surface area contributed by atoms with Crippen molar-refractivity contribution in [2.75, 3.05) is 0 Å². The summed E-state index contributed by atoms with van der Waals surface area (Å²) in [6.07, 6.45) is -9.56. The van der Waals surface area contributed by atoms with Gasteiger partial charge in [0, 0.05) is 17.7 Å². The molecule has 156 valence electrons. The molecule has 0 atom stereocenters. The number of halogens is 6. The Balaban J connectivity index is 0.000000291. The Morgan fingerprint density at radius 3 is 1.66 bits per heavy atom. The van der Waals surface area contributed by atoms with E-state index >= 15 is 0 Å². The average Bonchev–Trinajstić information content (AvgIpc) is 3.16. The third-order valence-corrected chi connectivity index (χ3v) is 3.83. The molecule has 0 radical (unpaired) electrons. The molecule has 0 bridgehead atoms. The molecule has 2 N–H and O–H groups in total.